The van der Waals surface area contributed by atoms with E-state index in [4.69, 9.17) is 0 Å². The molecule has 0 spiro atoms. The Morgan fingerprint density at radius 2 is 1.27 bits per heavy atom. The Hall–Kier alpha value is -1.57. The van der Waals surface area contributed by atoms with Crippen LogP contribution in [-0.4, -0.2) is 5.91 Å². The minimum atomic E-state index is -0.481. The van der Waals surface area contributed by atoms with Crippen LogP contribution < -0.4 is 5.73 Å². The first-order valence-electron chi connectivity index (χ1n) is 3.19. The molecule has 0 aliphatic heterocycles. The standard InChI is InChI=1S/C6H6.C3H5NO/c1-2-4-6-5-3-1;1-2-3(4)5/h1-6H;2H,1H2,(H2,4,5). The molecule has 0 aliphatic carbocycles. The summed E-state index contributed by atoms with van der Waals surface area (Å²) in [6.07, 6.45) is 1.06. The van der Waals surface area contributed by atoms with Crippen molar-refractivity contribution in [3.8, 4) is 0 Å². The van der Waals surface area contributed by atoms with Gasteiger partial charge >= 0.3 is 0 Å². The molecule has 1 amide bonds. The van der Waals surface area contributed by atoms with Crippen molar-refractivity contribution in [2.75, 3.05) is 0 Å². The minimum Gasteiger partial charge on any atom is -0.366 e. The van der Waals surface area contributed by atoms with Gasteiger partial charge in [-0.15, -0.1) is 0 Å². The van der Waals surface area contributed by atoms with Gasteiger partial charge in [0, 0.05) is 0 Å². The number of benzene rings is 1. The highest BCUT2D eigenvalue weighted by atomic mass is 16.1. The quantitative estimate of drug-likeness (QED) is 0.601. The van der Waals surface area contributed by atoms with Crippen molar-refractivity contribution < 1.29 is 4.79 Å². The van der Waals surface area contributed by atoms with E-state index < -0.39 is 5.91 Å². The van der Waals surface area contributed by atoms with Crippen LogP contribution >= 0.6 is 0 Å². The van der Waals surface area contributed by atoms with Gasteiger partial charge in [0.1, 0.15) is 0 Å². The second-order valence-electron chi connectivity index (χ2n) is 1.76. The average Bonchev–Trinajstić information content (AvgIpc) is 2.09. The van der Waals surface area contributed by atoms with Gasteiger partial charge in [-0.1, -0.05) is 43.0 Å². The first kappa shape index (κ1) is 9.43. The molecule has 0 saturated carbocycles. The molecule has 0 aliphatic rings. The van der Waals surface area contributed by atoms with E-state index in [9.17, 15) is 4.79 Å². The molecule has 0 saturated heterocycles. The minimum absolute atomic E-state index is 0.481. The molecule has 0 radical (unpaired) electrons. The Morgan fingerprint density at radius 1 is 1.09 bits per heavy atom. The first-order chi connectivity index (χ1) is 5.27. The molecule has 0 heterocycles. The summed E-state index contributed by atoms with van der Waals surface area (Å²) in [6, 6.07) is 12.0. The predicted molar refractivity (Wildman–Crippen MR) is 45.8 cm³/mol. The van der Waals surface area contributed by atoms with E-state index in [1.54, 1.807) is 0 Å². The summed E-state index contributed by atoms with van der Waals surface area (Å²) < 4.78 is 0. The largest absolute Gasteiger partial charge is 0.366 e. The highest BCUT2D eigenvalue weighted by molar-refractivity contribution is 5.84. The lowest BCUT2D eigenvalue weighted by molar-refractivity contribution is -0.113. The highest BCUT2D eigenvalue weighted by Gasteiger charge is 1.69. The fourth-order valence-corrected chi connectivity index (χ4v) is 0.385. The molecule has 11 heavy (non-hydrogen) atoms. The highest BCUT2D eigenvalue weighted by Crippen LogP contribution is 1.79. The third-order valence-corrected chi connectivity index (χ3v) is 0.868. The monoisotopic (exact) mass is 149 g/mol. The van der Waals surface area contributed by atoms with Crippen molar-refractivity contribution in [2.24, 2.45) is 5.73 Å². The Balaban J connectivity index is 0.000000187. The van der Waals surface area contributed by atoms with Crippen molar-refractivity contribution >= 4 is 5.91 Å². The maximum atomic E-state index is 9.47. The van der Waals surface area contributed by atoms with Crippen LogP contribution in [0.1, 0.15) is 0 Å². The molecule has 2 N–H and O–H groups in total. The summed E-state index contributed by atoms with van der Waals surface area (Å²) in [5.41, 5.74) is 4.53. The number of hydrogen-bond donors (Lipinski definition) is 1. The van der Waals surface area contributed by atoms with Crippen LogP contribution in [0.2, 0.25) is 0 Å². The van der Waals surface area contributed by atoms with E-state index in [1.165, 1.54) is 0 Å². The van der Waals surface area contributed by atoms with E-state index in [-0.39, 0.29) is 0 Å². The van der Waals surface area contributed by atoms with Gasteiger partial charge in [-0.25, -0.2) is 0 Å². The topological polar surface area (TPSA) is 43.1 Å². The number of carbonyl (C=O) groups is 1. The van der Waals surface area contributed by atoms with Gasteiger partial charge < -0.3 is 5.73 Å². The SMILES string of the molecule is C=CC(N)=O.c1ccccc1. The maximum Gasteiger partial charge on any atom is 0.240 e. The summed E-state index contributed by atoms with van der Waals surface area (Å²) in [6.45, 7) is 3.09. The molecule has 0 aromatic heterocycles. The van der Waals surface area contributed by atoms with Crippen molar-refractivity contribution in [3.63, 3.8) is 0 Å². The third kappa shape index (κ3) is 8.43. The van der Waals surface area contributed by atoms with Crippen LogP contribution in [0.5, 0.6) is 0 Å². The molecule has 1 aromatic carbocycles. The summed E-state index contributed by atoms with van der Waals surface area (Å²) in [7, 11) is 0. The van der Waals surface area contributed by atoms with E-state index in [2.05, 4.69) is 12.3 Å². The zero-order valence-electron chi connectivity index (χ0n) is 6.23. The van der Waals surface area contributed by atoms with Crippen molar-refractivity contribution in [2.45, 2.75) is 0 Å². The number of nitrogens with two attached hydrogens (primary N) is 1. The lowest BCUT2D eigenvalue weighted by Crippen LogP contribution is -2.04. The predicted octanol–water partition coefficient (Wildman–Crippen LogP) is 1.34. The van der Waals surface area contributed by atoms with Gasteiger partial charge in [-0.2, -0.15) is 0 Å². The van der Waals surface area contributed by atoms with Gasteiger partial charge in [-0.05, 0) is 6.08 Å². The second-order valence-corrected chi connectivity index (χ2v) is 1.76. The van der Waals surface area contributed by atoms with Gasteiger partial charge in [0.2, 0.25) is 5.91 Å². The Kier molecular flexibility index (Phi) is 5.61. The summed E-state index contributed by atoms with van der Waals surface area (Å²) in [5, 5.41) is 0. The van der Waals surface area contributed by atoms with Gasteiger partial charge in [0.15, 0.2) is 0 Å². The van der Waals surface area contributed by atoms with E-state index in [1.807, 2.05) is 36.4 Å². The average molecular weight is 149 g/mol. The van der Waals surface area contributed by atoms with E-state index >= 15 is 0 Å². The number of amides is 1. The number of hydrogen-bond acceptors (Lipinski definition) is 1. The molecule has 58 valence electrons. The van der Waals surface area contributed by atoms with E-state index in [0.717, 1.165) is 6.08 Å². The van der Waals surface area contributed by atoms with Gasteiger partial charge in [0.25, 0.3) is 0 Å². The first-order valence-corrected chi connectivity index (χ1v) is 3.19. The zero-order valence-corrected chi connectivity index (χ0v) is 6.23. The Labute approximate surface area is 66.3 Å². The van der Waals surface area contributed by atoms with Crippen molar-refractivity contribution in [3.05, 3.63) is 49.1 Å². The van der Waals surface area contributed by atoms with Gasteiger partial charge in [0.05, 0.1) is 0 Å². The van der Waals surface area contributed by atoms with E-state index in [0.29, 0.717) is 0 Å². The van der Waals surface area contributed by atoms with Crippen LogP contribution in [0.15, 0.2) is 49.1 Å². The molecular weight excluding hydrogens is 138 g/mol. The molecule has 0 unspecified atom stereocenters. The molecule has 2 heteroatoms. The molecule has 1 rings (SSSR count). The van der Waals surface area contributed by atoms with Gasteiger partial charge in [-0.3, -0.25) is 4.79 Å². The molecule has 1 aromatic rings. The number of primary amides is 1. The van der Waals surface area contributed by atoms with Crippen LogP contribution in [0.4, 0.5) is 0 Å². The fraction of sp³-hybridized carbons (Fsp3) is 0. The molecular formula is C9H11NO. The Morgan fingerprint density at radius 3 is 1.36 bits per heavy atom. The second kappa shape index (κ2) is 6.55. The zero-order chi connectivity index (χ0) is 8.53. The summed E-state index contributed by atoms with van der Waals surface area (Å²) in [4.78, 5) is 9.47. The molecule has 2 nitrogen and oxygen atoms in total. The maximum absolute atomic E-state index is 9.47. The third-order valence-electron chi connectivity index (χ3n) is 0.868. The molecule has 0 fully saturated rings. The number of carbonyl (C=O) groups excluding carboxylic acids is 1. The smallest absolute Gasteiger partial charge is 0.240 e. The normalized spacial score (nSPS) is 7.27. The van der Waals surface area contributed by atoms with Crippen molar-refractivity contribution in [1.29, 1.82) is 0 Å². The lowest BCUT2D eigenvalue weighted by atomic mass is 10.4. The Bertz CT molecular complexity index is 179. The fourth-order valence-electron chi connectivity index (χ4n) is 0.385. The number of rotatable bonds is 1. The lowest BCUT2D eigenvalue weighted by Gasteiger charge is -1.69. The van der Waals surface area contributed by atoms with Crippen LogP contribution in [-0.2, 0) is 4.79 Å². The van der Waals surface area contributed by atoms with Crippen molar-refractivity contribution in [1.82, 2.24) is 0 Å². The summed E-state index contributed by atoms with van der Waals surface area (Å²) >= 11 is 0. The summed E-state index contributed by atoms with van der Waals surface area (Å²) in [5.74, 6) is -0.481. The van der Waals surface area contributed by atoms with Crippen LogP contribution in [0.3, 0.4) is 0 Å². The van der Waals surface area contributed by atoms with Crippen LogP contribution in [0, 0.1) is 0 Å². The molecule has 0 atom stereocenters. The molecule has 0 bridgehead atoms. The van der Waals surface area contributed by atoms with Crippen LogP contribution in [0.25, 0.3) is 0 Å².